The first-order valence-electron chi connectivity index (χ1n) is 3.55. The van der Waals surface area contributed by atoms with Gasteiger partial charge in [0.05, 0.1) is 5.92 Å². The summed E-state index contributed by atoms with van der Waals surface area (Å²) in [6, 6.07) is 0. The molecular formula is C8H12O2. The van der Waals surface area contributed by atoms with E-state index in [1.165, 1.54) is 0 Å². The van der Waals surface area contributed by atoms with Crippen LogP contribution in [0.2, 0.25) is 0 Å². The molecule has 0 radical (unpaired) electrons. The summed E-state index contributed by atoms with van der Waals surface area (Å²) in [7, 11) is 0. The number of hydrogen-bond donors (Lipinski definition) is 0. The second-order valence-corrected chi connectivity index (χ2v) is 2.72. The van der Waals surface area contributed by atoms with E-state index in [0.29, 0.717) is 0 Å². The molecule has 1 aliphatic heterocycles. The van der Waals surface area contributed by atoms with Crippen LogP contribution in [-0.4, -0.2) is 12.1 Å². The van der Waals surface area contributed by atoms with Gasteiger partial charge in [0.15, 0.2) is 0 Å². The zero-order valence-electron chi connectivity index (χ0n) is 6.17. The lowest BCUT2D eigenvalue weighted by Crippen LogP contribution is -2.04. The Hall–Kier alpha value is -0.790. The molecule has 0 aromatic heterocycles. The standard InChI is InChI=1S/C8H12O2/c1-3-4-7-5-6(2)8(9)10-7/h3,6-7H,1,4-5H2,2H3. The molecule has 0 saturated carbocycles. The van der Waals surface area contributed by atoms with Crippen molar-refractivity contribution in [2.75, 3.05) is 0 Å². The fourth-order valence-electron chi connectivity index (χ4n) is 1.15. The van der Waals surface area contributed by atoms with Gasteiger partial charge in [-0.25, -0.2) is 0 Å². The summed E-state index contributed by atoms with van der Waals surface area (Å²) in [4.78, 5) is 10.8. The van der Waals surface area contributed by atoms with Crippen molar-refractivity contribution in [3.63, 3.8) is 0 Å². The Morgan fingerprint density at radius 2 is 2.60 bits per heavy atom. The van der Waals surface area contributed by atoms with Gasteiger partial charge in [-0.3, -0.25) is 4.79 Å². The molecule has 0 N–H and O–H groups in total. The summed E-state index contributed by atoms with van der Waals surface area (Å²) < 4.78 is 5.00. The van der Waals surface area contributed by atoms with Crippen LogP contribution in [-0.2, 0) is 9.53 Å². The molecule has 0 aliphatic carbocycles. The molecular weight excluding hydrogens is 128 g/mol. The van der Waals surface area contributed by atoms with Crippen molar-refractivity contribution in [3.05, 3.63) is 12.7 Å². The molecule has 1 aliphatic rings. The van der Waals surface area contributed by atoms with Crippen LogP contribution in [0.1, 0.15) is 19.8 Å². The number of hydrogen-bond acceptors (Lipinski definition) is 2. The van der Waals surface area contributed by atoms with Gasteiger partial charge in [0.25, 0.3) is 0 Å². The summed E-state index contributed by atoms with van der Waals surface area (Å²) in [5.41, 5.74) is 0. The Bertz CT molecular complexity index is 151. The minimum atomic E-state index is -0.0631. The molecule has 2 heteroatoms. The smallest absolute Gasteiger partial charge is 0.309 e. The van der Waals surface area contributed by atoms with Crippen LogP contribution < -0.4 is 0 Å². The topological polar surface area (TPSA) is 26.3 Å². The maximum absolute atomic E-state index is 10.8. The largest absolute Gasteiger partial charge is 0.462 e. The average molecular weight is 140 g/mol. The zero-order valence-corrected chi connectivity index (χ0v) is 6.17. The molecule has 0 aromatic carbocycles. The van der Waals surface area contributed by atoms with E-state index in [4.69, 9.17) is 4.74 Å². The molecule has 0 bridgehead atoms. The first-order chi connectivity index (χ1) is 4.74. The fourth-order valence-corrected chi connectivity index (χ4v) is 1.15. The number of ether oxygens (including phenoxy) is 1. The Morgan fingerprint density at radius 3 is 3.00 bits per heavy atom. The molecule has 0 spiro atoms. The highest BCUT2D eigenvalue weighted by Crippen LogP contribution is 2.22. The molecule has 2 nitrogen and oxygen atoms in total. The third-order valence-corrected chi connectivity index (χ3v) is 1.73. The Balaban J connectivity index is 2.41. The quantitative estimate of drug-likeness (QED) is 0.429. The fraction of sp³-hybridized carbons (Fsp3) is 0.625. The maximum atomic E-state index is 10.8. The first kappa shape index (κ1) is 7.32. The van der Waals surface area contributed by atoms with Crippen molar-refractivity contribution in [3.8, 4) is 0 Å². The molecule has 2 atom stereocenters. The van der Waals surface area contributed by atoms with Crippen molar-refractivity contribution < 1.29 is 9.53 Å². The van der Waals surface area contributed by atoms with Crippen molar-refractivity contribution >= 4 is 5.97 Å². The van der Waals surface area contributed by atoms with Crippen LogP contribution in [0.15, 0.2) is 12.7 Å². The highest BCUT2D eigenvalue weighted by molar-refractivity contribution is 5.74. The third-order valence-electron chi connectivity index (χ3n) is 1.73. The molecule has 56 valence electrons. The van der Waals surface area contributed by atoms with E-state index in [-0.39, 0.29) is 18.0 Å². The second-order valence-electron chi connectivity index (χ2n) is 2.72. The van der Waals surface area contributed by atoms with Crippen LogP contribution >= 0.6 is 0 Å². The number of carbonyl (C=O) groups is 1. The van der Waals surface area contributed by atoms with Gasteiger partial charge in [-0.15, -0.1) is 6.58 Å². The van der Waals surface area contributed by atoms with Crippen LogP contribution in [0.4, 0.5) is 0 Å². The van der Waals surface area contributed by atoms with E-state index in [0.717, 1.165) is 12.8 Å². The van der Waals surface area contributed by atoms with E-state index in [1.807, 2.05) is 6.92 Å². The summed E-state index contributed by atoms with van der Waals surface area (Å²) in [5.74, 6) is 0.0248. The van der Waals surface area contributed by atoms with Crippen molar-refractivity contribution in [1.82, 2.24) is 0 Å². The van der Waals surface area contributed by atoms with Gasteiger partial charge in [-0.05, 0) is 6.42 Å². The second kappa shape index (κ2) is 2.86. The lowest BCUT2D eigenvalue weighted by atomic mass is 10.1. The lowest BCUT2D eigenvalue weighted by molar-refractivity contribution is -0.143. The number of rotatable bonds is 2. The van der Waals surface area contributed by atoms with Gasteiger partial charge in [0.1, 0.15) is 6.10 Å². The monoisotopic (exact) mass is 140 g/mol. The van der Waals surface area contributed by atoms with Gasteiger partial charge >= 0.3 is 5.97 Å². The van der Waals surface area contributed by atoms with Crippen LogP contribution in [0.3, 0.4) is 0 Å². The SMILES string of the molecule is C=CCC1CC(C)C(=O)O1. The molecule has 0 amide bonds. The van der Waals surface area contributed by atoms with Crippen molar-refractivity contribution in [1.29, 1.82) is 0 Å². The van der Waals surface area contributed by atoms with E-state index in [2.05, 4.69) is 6.58 Å². The number of cyclic esters (lactones) is 1. The summed E-state index contributed by atoms with van der Waals surface area (Å²) >= 11 is 0. The van der Waals surface area contributed by atoms with Crippen molar-refractivity contribution in [2.24, 2.45) is 5.92 Å². The van der Waals surface area contributed by atoms with E-state index >= 15 is 0 Å². The van der Waals surface area contributed by atoms with E-state index in [1.54, 1.807) is 6.08 Å². The van der Waals surface area contributed by atoms with Gasteiger partial charge in [-0.2, -0.15) is 0 Å². The summed E-state index contributed by atoms with van der Waals surface area (Å²) in [6.07, 6.45) is 3.52. The van der Waals surface area contributed by atoms with Gasteiger partial charge in [0.2, 0.25) is 0 Å². The summed E-state index contributed by atoms with van der Waals surface area (Å²) in [5, 5.41) is 0. The predicted octanol–water partition coefficient (Wildman–Crippen LogP) is 1.51. The Kier molecular flexibility index (Phi) is 2.10. The van der Waals surface area contributed by atoms with Gasteiger partial charge in [-0.1, -0.05) is 13.0 Å². The molecule has 2 unspecified atom stereocenters. The highest BCUT2D eigenvalue weighted by Gasteiger charge is 2.29. The molecule has 10 heavy (non-hydrogen) atoms. The zero-order chi connectivity index (χ0) is 7.56. The van der Waals surface area contributed by atoms with Crippen LogP contribution in [0.25, 0.3) is 0 Å². The number of esters is 1. The van der Waals surface area contributed by atoms with Crippen molar-refractivity contribution in [2.45, 2.75) is 25.9 Å². The minimum absolute atomic E-state index is 0.0631. The molecule has 1 rings (SSSR count). The summed E-state index contributed by atoms with van der Waals surface area (Å²) in [6.45, 7) is 5.48. The molecule has 1 saturated heterocycles. The molecule has 0 aromatic rings. The predicted molar refractivity (Wildman–Crippen MR) is 38.5 cm³/mol. The number of carbonyl (C=O) groups excluding carboxylic acids is 1. The molecule has 1 heterocycles. The Labute approximate surface area is 60.9 Å². The highest BCUT2D eigenvalue weighted by atomic mass is 16.5. The van der Waals surface area contributed by atoms with Crippen LogP contribution in [0.5, 0.6) is 0 Å². The minimum Gasteiger partial charge on any atom is -0.462 e. The molecule has 1 fully saturated rings. The maximum Gasteiger partial charge on any atom is 0.309 e. The average Bonchev–Trinajstić information content (AvgIpc) is 2.14. The first-order valence-corrected chi connectivity index (χ1v) is 3.55. The Morgan fingerprint density at radius 1 is 1.90 bits per heavy atom. The van der Waals surface area contributed by atoms with E-state index in [9.17, 15) is 4.79 Å². The van der Waals surface area contributed by atoms with E-state index < -0.39 is 0 Å². The lowest BCUT2D eigenvalue weighted by Gasteiger charge is -2.02. The van der Waals surface area contributed by atoms with Gasteiger partial charge < -0.3 is 4.74 Å². The third kappa shape index (κ3) is 1.38. The van der Waals surface area contributed by atoms with Crippen LogP contribution in [0, 0.1) is 5.92 Å². The van der Waals surface area contributed by atoms with Gasteiger partial charge in [0, 0.05) is 6.42 Å². The normalized spacial score (nSPS) is 31.9.